The smallest absolute Gasteiger partial charge is 0.414 e. The van der Waals surface area contributed by atoms with Crippen LogP contribution in [-0.2, 0) is 46.3 Å². The Morgan fingerprint density at radius 2 is 1.11 bits per heavy atom. The van der Waals surface area contributed by atoms with Crippen molar-refractivity contribution < 1.29 is 61.1 Å². The second kappa shape index (κ2) is 26.3. The zero-order chi connectivity index (χ0) is 37.2. The van der Waals surface area contributed by atoms with Crippen molar-refractivity contribution in [2.24, 2.45) is 11.5 Å². The molecular weight excluding hydrogens is 745 g/mol. The summed E-state index contributed by atoms with van der Waals surface area (Å²) < 4.78 is 13.6. The largest absolute Gasteiger partial charge is 0.483 e. The van der Waals surface area contributed by atoms with Crippen molar-refractivity contribution in [3.05, 3.63) is 70.4 Å². The Morgan fingerprint density at radius 3 is 1.43 bits per heavy atom. The molecule has 2 unspecified atom stereocenters. The van der Waals surface area contributed by atoms with Crippen molar-refractivity contribution >= 4 is 73.1 Å². The number of hydrogen-bond acceptors (Lipinski definition) is 11. The van der Waals surface area contributed by atoms with E-state index in [1.54, 1.807) is 32.5 Å². The number of likely N-dealkylation sites (tertiary alicyclic amines) is 2. The molecule has 2 fully saturated rings. The minimum absolute atomic E-state index is 0. The quantitative estimate of drug-likeness (QED) is 0.0876. The second-order valence-electron chi connectivity index (χ2n) is 11.7. The van der Waals surface area contributed by atoms with E-state index >= 15 is 0 Å². The molecule has 0 bridgehead atoms. The lowest BCUT2D eigenvalue weighted by atomic mass is 10.1. The van der Waals surface area contributed by atoms with E-state index in [4.69, 9.17) is 50.6 Å². The van der Waals surface area contributed by atoms with Gasteiger partial charge in [0.25, 0.3) is 6.47 Å². The predicted molar refractivity (Wildman–Crippen MR) is 211 cm³/mol. The second-order valence-corrected chi connectivity index (χ2v) is 13.6. The third-order valence-corrected chi connectivity index (χ3v) is 9.69. The van der Waals surface area contributed by atoms with Gasteiger partial charge in [-0.25, -0.2) is 9.59 Å². The summed E-state index contributed by atoms with van der Waals surface area (Å²) >= 11 is 3.50. The van der Waals surface area contributed by atoms with Crippen LogP contribution < -0.4 is 11.5 Å². The third-order valence-electron chi connectivity index (χ3n) is 7.89. The number of thiophene rings is 2. The van der Waals surface area contributed by atoms with Crippen molar-refractivity contribution in [3.8, 4) is 0 Å². The van der Waals surface area contributed by atoms with Crippen molar-refractivity contribution in [1.82, 2.24) is 9.80 Å². The summed E-state index contributed by atoms with van der Waals surface area (Å²) in [4.78, 5) is 53.9. The number of hydrogen-bond donors (Lipinski definition) is 5. The van der Waals surface area contributed by atoms with Gasteiger partial charge in [-0.1, -0.05) is 31.7 Å². The Bertz CT molecular complexity index is 1620. The van der Waals surface area contributed by atoms with Gasteiger partial charge >= 0.3 is 11.9 Å². The van der Waals surface area contributed by atoms with Crippen molar-refractivity contribution in [2.45, 2.75) is 45.2 Å². The van der Waals surface area contributed by atoms with E-state index in [2.05, 4.69) is 59.3 Å². The van der Waals surface area contributed by atoms with Crippen LogP contribution in [0.1, 0.15) is 32.8 Å². The van der Waals surface area contributed by atoms with Gasteiger partial charge in [-0.3, -0.25) is 14.4 Å². The van der Waals surface area contributed by atoms with Crippen LogP contribution in [0, 0.1) is 0 Å². The highest BCUT2D eigenvalue weighted by atomic mass is 32.1. The number of nitrogens with zero attached hydrogens (tertiary/aromatic N) is 2. The first-order chi connectivity index (χ1) is 24.5. The van der Waals surface area contributed by atoms with Crippen molar-refractivity contribution in [1.29, 1.82) is 0 Å². The van der Waals surface area contributed by atoms with E-state index in [1.165, 1.54) is 31.3 Å². The monoisotopic (exact) mass is 798 g/mol. The summed E-state index contributed by atoms with van der Waals surface area (Å²) in [6, 6.07) is 17.4. The molecule has 0 spiro atoms. The average molecular weight is 799 g/mol. The van der Waals surface area contributed by atoms with Crippen molar-refractivity contribution in [3.63, 3.8) is 0 Å². The number of rotatable bonds is 10. The molecule has 2 aliphatic heterocycles. The zero-order valence-electron chi connectivity index (χ0n) is 29.1. The highest BCUT2D eigenvalue weighted by Crippen LogP contribution is 2.23. The van der Waals surface area contributed by atoms with Crippen LogP contribution in [0.5, 0.6) is 0 Å². The molecule has 18 heteroatoms. The van der Waals surface area contributed by atoms with Gasteiger partial charge in [0.15, 0.2) is 0 Å². The number of aliphatic carboxylic acids is 2. The summed E-state index contributed by atoms with van der Waals surface area (Å²) in [6.07, 6.45) is 3.45. The number of amides is 2. The molecule has 0 radical (unpaired) electrons. The standard InChI is InChI=1S/2C16H20N2O2S.C2H2O4.CH2O2.CH4.2H2O.H2/c2*17-14-3-6-18(10-14)16(19)11-20-7-4-12-1-2-15-13(9-12)5-8-21-15;3-1(4)2(5)6;2-1-3;;;;/h2*1-2,5,8-9,14H,3-4,6-7,10-11,17H2;(H,3,4)(H,5,6);1H,(H,2,3);1H4;2*1H2;1H. The maximum absolute atomic E-state index is 11.9. The van der Waals surface area contributed by atoms with Crippen molar-refractivity contribution in [2.75, 3.05) is 52.6 Å². The molecular formula is C36H54N4O12S2. The fourth-order valence-electron chi connectivity index (χ4n) is 5.25. The number of carboxylic acids is 2. The van der Waals surface area contributed by atoms with E-state index in [0.29, 0.717) is 26.3 Å². The normalized spacial score (nSPS) is 15.4. The number of ether oxygens (including phenoxy) is 2. The highest BCUT2D eigenvalue weighted by molar-refractivity contribution is 7.17. The Morgan fingerprint density at radius 1 is 0.741 bits per heavy atom. The fraction of sp³-hybridized carbons (Fsp3) is 0.417. The summed E-state index contributed by atoms with van der Waals surface area (Å²) in [5.41, 5.74) is 14.1. The highest BCUT2D eigenvalue weighted by Gasteiger charge is 2.24. The lowest BCUT2D eigenvalue weighted by Gasteiger charge is -2.15. The van der Waals surface area contributed by atoms with E-state index in [1.807, 2.05) is 0 Å². The van der Waals surface area contributed by atoms with Gasteiger partial charge in [0.2, 0.25) is 11.8 Å². The van der Waals surface area contributed by atoms with Gasteiger partial charge in [0.1, 0.15) is 13.2 Å². The first kappa shape index (κ1) is 49.5. The minimum atomic E-state index is -1.82. The van der Waals surface area contributed by atoms with Crippen LogP contribution in [0.4, 0.5) is 0 Å². The number of carboxylic acid groups (broad SMARTS) is 3. The van der Waals surface area contributed by atoms with Crippen LogP contribution in [0.15, 0.2) is 59.3 Å². The Labute approximate surface area is 323 Å². The van der Waals surface area contributed by atoms with Gasteiger partial charge in [-0.2, -0.15) is 0 Å². The first-order valence-electron chi connectivity index (χ1n) is 16.2. The lowest BCUT2D eigenvalue weighted by Crippen LogP contribution is -2.34. The number of nitrogens with two attached hydrogens (primary N) is 2. The van der Waals surface area contributed by atoms with Crippen LogP contribution >= 0.6 is 22.7 Å². The topological polar surface area (TPSA) is 286 Å². The number of carbonyl (C=O) groups is 5. The van der Waals surface area contributed by atoms with Crippen LogP contribution in [0.25, 0.3) is 20.2 Å². The number of benzene rings is 2. The number of carbonyl (C=O) groups excluding carboxylic acids is 2. The molecule has 6 rings (SSSR count). The molecule has 4 aromatic rings. The Hall–Kier alpha value is -4.53. The van der Waals surface area contributed by atoms with Crippen LogP contribution in [-0.4, -0.2) is 131 Å². The van der Waals surface area contributed by atoms with Crippen LogP contribution in [0.2, 0.25) is 0 Å². The maximum atomic E-state index is 11.9. The molecule has 2 saturated heterocycles. The van der Waals surface area contributed by atoms with E-state index in [0.717, 1.165) is 38.8 Å². The summed E-state index contributed by atoms with van der Waals surface area (Å²) in [6.45, 7) is 4.06. The Balaban J connectivity index is 0. The molecule has 2 atom stereocenters. The van der Waals surface area contributed by atoms with Gasteiger partial charge in [-0.05, 0) is 82.6 Å². The van der Waals surface area contributed by atoms with E-state index < -0.39 is 11.9 Å². The van der Waals surface area contributed by atoms with Gasteiger partial charge in [-0.15, -0.1) is 22.7 Å². The molecule has 4 heterocycles. The van der Waals surface area contributed by atoms with E-state index in [-0.39, 0.29) is 63.4 Å². The molecule has 2 aromatic heterocycles. The maximum Gasteiger partial charge on any atom is 0.414 e. The van der Waals surface area contributed by atoms with Crippen LogP contribution in [0.3, 0.4) is 0 Å². The molecule has 11 N–H and O–H groups in total. The van der Waals surface area contributed by atoms with E-state index in [9.17, 15) is 9.59 Å². The molecule has 0 aliphatic carbocycles. The molecule has 302 valence electrons. The lowest BCUT2D eigenvalue weighted by molar-refractivity contribution is -0.159. The number of fused-ring (bicyclic) bond motifs is 2. The molecule has 2 aliphatic rings. The SMILES string of the molecule is C.NC1CCN(C(=O)COCCc2ccc3sccc3c2)C1.NC1CCN(C(=O)COCCc2ccc3sccc3c2)C1.O.O.O=C(O)C(=O)O.O=CO.[HH]. The molecule has 16 nitrogen and oxygen atoms in total. The fourth-order valence-corrected chi connectivity index (χ4v) is 6.79. The molecule has 0 saturated carbocycles. The summed E-state index contributed by atoms with van der Waals surface area (Å²) in [5, 5.41) is 28.4. The predicted octanol–water partition coefficient (Wildman–Crippen LogP) is 2.13. The van der Waals surface area contributed by atoms with Gasteiger partial charge in [0.05, 0.1) is 13.2 Å². The average Bonchev–Trinajstić information content (AvgIpc) is 3.93. The van der Waals surface area contributed by atoms with Gasteiger partial charge < -0.3 is 57.0 Å². The summed E-state index contributed by atoms with van der Waals surface area (Å²) in [7, 11) is 0. The molecule has 54 heavy (non-hydrogen) atoms. The van der Waals surface area contributed by atoms with Gasteiger partial charge in [0, 0.05) is 49.1 Å². The first-order valence-corrected chi connectivity index (χ1v) is 17.9. The summed E-state index contributed by atoms with van der Waals surface area (Å²) in [5.74, 6) is -3.54. The molecule has 2 amide bonds. The Kier molecular flexibility index (Phi) is 24.1. The third kappa shape index (κ3) is 17.1. The zero-order valence-corrected chi connectivity index (χ0v) is 30.7. The molecule has 2 aromatic carbocycles. The minimum Gasteiger partial charge on any atom is -0.483 e.